The lowest BCUT2D eigenvalue weighted by Gasteiger charge is -2.14. The minimum absolute atomic E-state index is 0.0964. The molecule has 2 rings (SSSR count). The number of methoxy groups -OCH3 is 1. The van der Waals surface area contributed by atoms with Gasteiger partial charge in [-0.1, -0.05) is 76.8 Å². The third-order valence-electron chi connectivity index (χ3n) is 8.01. The van der Waals surface area contributed by atoms with Gasteiger partial charge in [0, 0.05) is 31.5 Å². The summed E-state index contributed by atoms with van der Waals surface area (Å²) in [6, 6.07) is 5.56. The molecule has 0 spiro atoms. The number of oxime groups is 1. The van der Waals surface area contributed by atoms with E-state index in [-0.39, 0.29) is 30.3 Å². The number of nitrogens with zero attached hydrogens (tertiary/aromatic N) is 1. The lowest BCUT2D eigenvalue weighted by molar-refractivity contribution is -0.121. The van der Waals surface area contributed by atoms with Crippen LogP contribution >= 0.6 is 63.7 Å². The maximum Gasteiger partial charge on any atom is 0.269 e. The summed E-state index contributed by atoms with van der Waals surface area (Å²) in [7, 11) is 1.47. The lowest BCUT2D eigenvalue weighted by atomic mass is 10.0. The van der Waals surface area contributed by atoms with Crippen LogP contribution in [0, 0.1) is 5.92 Å². The van der Waals surface area contributed by atoms with Gasteiger partial charge in [0.25, 0.3) is 5.91 Å². The summed E-state index contributed by atoms with van der Waals surface area (Å²) >= 11 is 13.8. The Morgan fingerprint density at radius 1 is 0.816 bits per heavy atom. The van der Waals surface area contributed by atoms with Crippen molar-refractivity contribution >= 4 is 81.2 Å². The summed E-state index contributed by atoms with van der Waals surface area (Å²) in [6.07, 6.45) is 14.2. The number of amides is 2. The molecule has 0 aromatic heterocycles. The molecule has 274 valence electrons. The van der Waals surface area contributed by atoms with E-state index in [2.05, 4.69) is 93.4 Å². The molecule has 2 aromatic rings. The van der Waals surface area contributed by atoms with Crippen molar-refractivity contribution in [3.63, 3.8) is 0 Å². The van der Waals surface area contributed by atoms with Crippen molar-refractivity contribution in [2.24, 2.45) is 11.1 Å². The van der Waals surface area contributed by atoms with Gasteiger partial charge in [-0.05, 0) is 113 Å². The molecular weight excluding hydrogens is 890 g/mol. The van der Waals surface area contributed by atoms with Crippen molar-refractivity contribution in [2.75, 3.05) is 26.8 Å². The van der Waals surface area contributed by atoms with E-state index < -0.39 is 5.91 Å². The van der Waals surface area contributed by atoms with Gasteiger partial charge in [0.05, 0.1) is 27.1 Å². The van der Waals surface area contributed by atoms with E-state index in [0.29, 0.717) is 58.4 Å². The number of nitrogens with one attached hydrogen (secondary N) is 2. The number of hydrogen-bond acceptors (Lipinski definition) is 7. The van der Waals surface area contributed by atoms with E-state index in [1.54, 1.807) is 6.07 Å². The second kappa shape index (κ2) is 24.4. The fourth-order valence-electron chi connectivity index (χ4n) is 5.26. The van der Waals surface area contributed by atoms with Crippen LogP contribution in [0.25, 0.3) is 0 Å². The fraction of sp³-hybridized carbons (Fsp3) is 0.583. The zero-order chi connectivity index (χ0) is 36.2. The van der Waals surface area contributed by atoms with E-state index in [0.717, 1.165) is 33.3 Å². The number of rotatable bonds is 24. The number of ether oxygens (including phenoxy) is 2. The summed E-state index contributed by atoms with van der Waals surface area (Å²) in [5, 5.41) is 28.8. The van der Waals surface area contributed by atoms with Gasteiger partial charge in [-0.2, -0.15) is 0 Å². The number of carbonyl (C=O) groups is 2. The molecule has 2 aromatic carbocycles. The maximum atomic E-state index is 12.6. The largest absolute Gasteiger partial charge is 0.506 e. The Hall–Kier alpha value is -1.83. The van der Waals surface area contributed by atoms with Crippen LogP contribution in [0.5, 0.6) is 17.2 Å². The summed E-state index contributed by atoms with van der Waals surface area (Å²) < 4.78 is 13.7. The molecule has 0 heterocycles. The van der Waals surface area contributed by atoms with Crippen molar-refractivity contribution in [1.29, 1.82) is 0 Å². The molecule has 0 aliphatic rings. The average molecular weight is 941 g/mol. The van der Waals surface area contributed by atoms with Crippen LogP contribution < -0.4 is 20.1 Å². The highest BCUT2D eigenvalue weighted by atomic mass is 79.9. The van der Waals surface area contributed by atoms with E-state index in [1.807, 2.05) is 12.1 Å². The molecule has 0 saturated heterocycles. The van der Waals surface area contributed by atoms with E-state index >= 15 is 0 Å². The topological polar surface area (TPSA) is 129 Å². The number of aromatic hydroxyl groups is 1. The zero-order valence-corrected chi connectivity index (χ0v) is 35.2. The Bertz CT molecular complexity index is 1350. The normalized spacial score (nSPS) is 11.6. The first-order valence-electron chi connectivity index (χ1n) is 17.1. The van der Waals surface area contributed by atoms with E-state index in [4.69, 9.17) is 9.47 Å². The van der Waals surface area contributed by atoms with Gasteiger partial charge in [-0.15, -0.1) is 0 Å². The number of unbranched alkanes of at least 4 members (excludes halogenated alkanes) is 8. The number of benzene rings is 2. The number of phenols is 1. The Morgan fingerprint density at radius 2 is 1.41 bits per heavy atom. The minimum atomic E-state index is -0.558. The van der Waals surface area contributed by atoms with Crippen molar-refractivity contribution < 1.29 is 29.4 Å². The zero-order valence-electron chi connectivity index (χ0n) is 28.8. The summed E-state index contributed by atoms with van der Waals surface area (Å²) in [4.78, 5) is 24.9. The molecule has 0 radical (unpaired) electrons. The Balaban J connectivity index is 1.64. The number of hydrogen-bond donors (Lipinski definition) is 4. The van der Waals surface area contributed by atoms with Crippen molar-refractivity contribution in [3.8, 4) is 17.2 Å². The molecule has 0 saturated carbocycles. The Kier molecular flexibility index (Phi) is 21.6. The van der Waals surface area contributed by atoms with Crippen LogP contribution in [0.3, 0.4) is 0 Å². The van der Waals surface area contributed by atoms with Gasteiger partial charge >= 0.3 is 0 Å². The second-order valence-corrected chi connectivity index (χ2v) is 15.9. The molecule has 0 atom stereocenters. The van der Waals surface area contributed by atoms with Gasteiger partial charge in [-0.25, -0.2) is 0 Å². The van der Waals surface area contributed by atoms with Crippen LogP contribution in [0.1, 0.15) is 102 Å². The molecular formula is C36H51Br4N3O6. The second-order valence-electron chi connectivity index (χ2n) is 12.5. The number of halogens is 4. The first kappa shape index (κ1) is 43.3. The highest BCUT2D eigenvalue weighted by Gasteiger charge is 2.20. The summed E-state index contributed by atoms with van der Waals surface area (Å²) in [5.41, 5.74) is 1.28. The van der Waals surface area contributed by atoms with Gasteiger partial charge in [-0.3, -0.25) is 9.59 Å². The molecule has 4 N–H and O–H groups in total. The molecule has 0 fully saturated rings. The number of phenolic OH excluding ortho intramolecular Hbond substituents is 1. The monoisotopic (exact) mass is 937 g/mol. The SMILES string of the molecule is COc1c(Br)cc(CC(=NO)C(=O)NCCCOc2c(Br)cc(CCNC(=O)CCCCCCCCCCCC(C)C)cc2Br)c(O)c1Br. The quantitative estimate of drug-likeness (QED) is 0.0359. The summed E-state index contributed by atoms with van der Waals surface area (Å²) in [5.74, 6) is 1.30. The number of carbonyl (C=O) groups excluding carboxylic acids is 2. The van der Waals surface area contributed by atoms with Gasteiger partial charge < -0.3 is 30.4 Å². The predicted octanol–water partition coefficient (Wildman–Crippen LogP) is 10.0. The smallest absolute Gasteiger partial charge is 0.269 e. The van der Waals surface area contributed by atoms with Crippen molar-refractivity contribution in [1.82, 2.24) is 10.6 Å². The van der Waals surface area contributed by atoms with Crippen molar-refractivity contribution in [2.45, 2.75) is 104 Å². The highest BCUT2D eigenvalue weighted by Crippen LogP contribution is 2.42. The molecule has 2 amide bonds. The summed E-state index contributed by atoms with van der Waals surface area (Å²) in [6.45, 7) is 5.77. The third kappa shape index (κ3) is 16.4. The predicted molar refractivity (Wildman–Crippen MR) is 210 cm³/mol. The van der Waals surface area contributed by atoms with Gasteiger partial charge in [0.2, 0.25) is 5.91 Å². The van der Waals surface area contributed by atoms with E-state index in [1.165, 1.54) is 58.5 Å². The van der Waals surface area contributed by atoms with Crippen LogP contribution in [-0.4, -0.2) is 54.6 Å². The van der Waals surface area contributed by atoms with Crippen LogP contribution in [0.15, 0.2) is 41.2 Å². The molecule has 0 aliphatic carbocycles. The Morgan fingerprint density at radius 3 is 2.00 bits per heavy atom. The first-order valence-corrected chi connectivity index (χ1v) is 20.3. The molecule has 9 nitrogen and oxygen atoms in total. The molecule has 13 heteroatoms. The molecule has 0 aliphatic heterocycles. The third-order valence-corrected chi connectivity index (χ3v) is 10.5. The van der Waals surface area contributed by atoms with Gasteiger partial charge in [0.15, 0.2) is 5.75 Å². The average Bonchev–Trinajstić information content (AvgIpc) is 3.05. The maximum absolute atomic E-state index is 12.6. The highest BCUT2D eigenvalue weighted by molar-refractivity contribution is 9.11. The molecule has 49 heavy (non-hydrogen) atoms. The molecule has 0 bridgehead atoms. The Labute approximate surface area is 325 Å². The van der Waals surface area contributed by atoms with Crippen molar-refractivity contribution in [3.05, 3.63) is 47.2 Å². The lowest BCUT2D eigenvalue weighted by Crippen LogP contribution is -2.33. The first-order chi connectivity index (χ1) is 23.5. The van der Waals surface area contributed by atoms with Crippen LogP contribution in [-0.2, 0) is 22.4 Å². The minimum Gasteiger partial charge on any atom is -0.506 e. The van der Waals surface area contributed by atoms with Gasteiger partial charge in [0.1, 0.15) is 21.7 Å². The van der Waals surface area contributed by atoms with E-state index in [9.17, 15) is 19.9 Å². The fourth-order valence-corrected chi connectivity index (χ4v) is 8.30. The standard InChI is InChI=1S/C36H51Br4N3O6/c1-24(2)14-11-9-7-5-4-6-8-10-12-15-31(44)41-18-16-25-20-27(37)34(28(38)21-25)49-19-13-17-42-36(46)30(43-47)23-26-22-29(39)35(48-3)32(40)33(26)45/h20-22,24,45,47H,4-19,23H2,1-3H3,(H,41,44)(H,42,46). The van der Waals surface area contributed by atoms with Crippen LogP contribution in [0.2, 0.25) is 0 Å². The van der Waals surface area contributed by atoms with Crippen LogP contribution in [0.4, 0.5) is 0 Å². The molecule has 0 unspecified atom stereocenters.